The van der Waals surface area contributed by atoms with Crippen molar-refractivity contribution in [2.45, 2.75) is 19.6 Å². The van der Waals surface area contributed by atoms with E-state index in [0.29, 0.717) is 21.6 Å². The number of benzene rings is 2. The van der Waals surface area contributed by atoms with Crippen LogP contribution in [0.15, 0.2) is 53.4 Å². The molecule has 3 rings (SSSR count). The lowest BCUT2D eigenvalue weighted by Crippen LogP contribution is -2.27. The highest BCUT2D eigenvalue weighted by molar-refractivity contribution is 8.26. The number of amides is 2. The van der Waals surface area contributed by atoms with Crippen molar-refractivity contribution in [1.29, 1.82) is 0 Å². The molecule has 0 spiro atoms. The average molecular weight is 509 g/mol. The molecular weight excluding hydrogens is 489 g/mol. The molecule has 178 valence electrons. The summed E-state index contributed by atoms with van der Waals surface area (Å²) in [7, 11) is 0. The van der Waals surface area contributed by atoms with E-state index in [1.54, 1.807) is 30.3 Å². The van der Waals surface area contributed by atoms with Crippen LogP contribution in [0.2, 0.25) is 0 Å². The lowest BCUT2D eigenvalue weighted by atomic mass is 10.1. The van der Waals surface area contributed by atoms with Crippen LogP contribution in [-0.4, -0.2) is 40.2 Å². The summed E-state index contributed by atoms with van der Waals surface area (Å²) in [4.78, 5) is 37.5. The Morgan fingerprint density at radius 3 is 2.62 bits per heavy atom. The summed E-state index contributed by atoms with van der Waals surface area (Å²) in [6, 6.07) is 11.3. The summed E-state index contributed by atoms with van der Waals surface area (Å²) in [5.74, 6) is -1.25. The molecule has 0 atom stereocenters. The number of hydrogen-bond acceptors (Lipinski definition) is 6. The van der Waals surface area contributed by atoms with Gasteiger partial charge in [-0.05, 0) is 41.5 Å². The van der Waals surface area contributed by atoms with Gasteiger partial charge in [-0.1, -0.05) is 48.2 Å². The number of ether oxygens (including phenoxy) is 1. The minimum Gasteiger partial charge on any atom is -0.464 e. The molecule has 1 aliphatic rings. The van der Waals surface area contributed by atoms with Crippen molar-refractivity contribution < 1.29 is 32.3 Å². The van der Waals surface area contributed by atoms with E-state index in [1.807, 2.05) is 0 Å². The minimum atomic E-state index is -4.48. The number of hydrogen-bond donors (Lipinski definition) is 1. The smallest absolute Gasteiger partial charge is 0.416 e. The fraction of sp³-hybridized carbons (Fsp3) is 0.217. The SMILES string of the molecule is CC(=O)OCCNC(=O)c1cccc(/C=C2\SC(=S)N(Cc3cccc(C(F)(F)F)c3)C2=O)c1. The van der Waals surface area contributed by atoms with Crippen LogP contribution in [0.3, 0.4) is 0 Å². The molecule has 11 heteroatoms. The van der Waals surface area contributed by atoms with Gasteiger partial charge in [-0.3, -0.25) is 19.3 Å². The van der Waals surface area contributed by atoms with Crippen LogP contribution in [0, 0.1) is 0 Å². The fourth-order valence-electron chi connectivity index (χ4n) is 3.05. The van der Waals surface area contributed by atoms with E-state index < -0.39 is 23.6 Å². The summed E-state index contributed by atoms with van der Waals surface area (Å²) in [6.45, 7) is 1.39. The van der Waals surface area contributed by atoms with Crippen LogP contribution in [0.25, 0.3) is 6.08 Å². The molecule has 0 aliphatic carbocycles. The molecule has 1 aliphatic heterocycles. The van der Waals surface area contributed by atoms with Crippen molar-refractivity contribution in [3.05, 3.63) is 75.7 Å². The summed E-state index contributed by atoms with van der Waals surface area (Å²) < 4.78 is 43.9. The standard InChI is InChI=1S/C23H19F3N2O4S2/c1-14(29)32-9-8-27-20(30)17-6-2-4-15(10-17)12-19-21(31)28(22(33)34-19)13-16-5-3-7-18(11-16)23(24,25)26/h2-7,10-12H,8-9,13H2,1H3,(H,27,30)/b19-12-. The molecule has 0 aromatic heterocycles. The third-order valence-electron chi connectivity index (χ3n) is 4.61. The second kappa shape index (κ2) is 10.8. The highest BCUT2D eigenvalue weighted by Gasteiger charge is 2.33. The van der Waals surface area contributed by atoms with Crippen molar-refractivity contribution in [3.63, 3.8) is 0 Å². The van der Waals surface area contributed by atoms with Crippen molar-refractivity contribution in [1.82, 2.24) is 10.2 Å². The Morgan fingerprint density at radius 1 is 1.18 bits per heavy atom. The van der Waals surface area contributed by atoms with Gasteiger partial charge < -0.3 is 10.1 Å². The third-order valence-corrected chi connectivity index (χ3v) is 5.99. The molecule has 1 heterocycles. The Labute approximate surface area is 203 Å². The van der Waals surface area contributed by atoms with Crippen LogP contribution in [0.1, 0.15) is 34.0 Å². The van der Waals surface area contributed by atoms with Crippen molar-refractivity contribution in [2.75, 3.05) is 13.2 Å². The van der Waals surface area contributed by atoms with Crippen LogP contribution in [-0.2, 0) is 27.0 Å². The van der Waals surface area contributed by atoms with Gasteiger partial charge in [0.2, 0.25) is 0 Å². The molecule has 0 unspecified atom stereocenters. The normalized spacial score (nSPS) is 15.1. The number of nitrogens with one attached hydrogen (secondary N) is 1. The minimum absolute atomic E-state index is 0.0507. The zero-order valence-corrected chi connectivity index (χ0v) is 19.5. The molecule has 6 nitrogen and oxygen atoms in total. The Kier molecular flexibility index (Phi) is 8.11. The predicted molar refractivity (Wildman–Crippen MR) is 126 cm³/mol. The molecule has 2 aromatic carbocycles. The fourth-order valence-corrected chi connectivity index (χ4v) is 4.30. The molecule has 0 bridgehead atoms. The maximum absolute atomic E-state index is 13.0. The summed E-state index contributed by atoms with van der Waals surface area (Å²) in [6.07, 6.45) is -2.91. The Balaban J connectivity index is 1.70. The van der Waals surface area contributed by atoms with Gasteiger partial charge in [0.1, 0.15) is 10.9 Å². The summed E-state index contributed by atoms with van der Waals surface area (Å²) in [5.41, 5.74) is 0.428. The first-order chi connectivity index (χ1) is 16.0. The number of rotatable bonds is 7. The van der Waals surface area contributed by atoms with E-state index in [9.17, 15) is 27.6 Å². The third kappa shape index (κ3) is 6.67. The molecule has 0 saturated carbocycles. The van der Waals surface area contributed by atoms with E-state index in [0.717, 1.165) is 23.9 Å². The maximum atomic E-state index is 13.0. The van der Waals surface area contributed by atoms with Gasteiger partial charge in [0, 0.05) is 12.5 Å². The van der Waals surface area contributed by atoms with E-state index >= 15 is 0 Å². The van der Waals surface area contributed by atoms with Gasteiger partial charge in [-0.2, -0.15) is 13.2 Å². The predicted octanol–water partition coefficient (Wildman–Crippen LogP) is 4.40. The van der Waals surface area contributed by atoms with Crippen LogP contribution in [0.4, 0.5) is 13.2 Å². The lowest BCUT2D eigenvalue weighted by molar-refractivity contribution is -0.141. The molecule has 0 radical (unpaired) electrons. The van der Waals surface area contributed by atoms with E-state index in [1.165, 1.54) is 24.0 Å². The number of carbonyl (C=O) groups excluding carboxylic acids is 3. The Bertz CT molecular complexity index is 1160. The summed E-state index contributed by atoms with van der Waals surface area (Å²) in [5, 5.41) is 2.62. The maximum Gasteiger partial charge on any atom is 0.416 e. The first-order valence-corrected chi connectivity index (χ1v) is 11.2. The zero-order chi connectivity index (χ0) is 24.9. The topological polar surface area (TPSA) is 75.7 Å². The molecular formula is C23H19F3N2O4S2. The highest BCUT2D eigenvalue weighted by Crippen LogP contribution is 2.35. The second-order valence-electron chi connectivity index (χ2n) is 7.19. The number of nitrogens with zero attached hydrogens (tertiary/aromatic N) is 1. The zero-order valence-electron chi connectivity index (χ0n) is 17.8. The second-order valence-corrected chi connectivity index (χ2v) is 8.86. The molecule has 34 heavy (non-hydrogen) atoms. The quantitative estimate of drug-likeness (QED) is 0.259. The Morgan fingerprint density at radius 2 is 1.91 bits per heavy atom. The van der Waals surface area contributed by atoms with Crippen molar-refractivity contribution in [2.24, 2.45) is 0 Å². The molecule has 1 N–H and O–H groups in total. The number of thioether (sulfide) groups is 1. The van der Waals surface area contributed by atoms with E-state index in [-0.39, 0.29) is 29.9 Å². The largest absolute Gasteiger partial charge is 0.464 e. The number of thiocarbonyl (C=S) groups is 1. The Hall–Kier alpha value is -3.18. The van der Waals surface area contributed by atoms with Crippen LogP contribution < -0.4 is 5.32 Å². The van der Waals surface area contributed by atoms with E-state index in [4.69, 9.17) is 17.0 Å². The number of halogens is 3. The monoisotopic (exact) mass is 508 g/mol. The number of alkyl halides is 3. The van der Waals surface area contributed by atoms with Gasteiger partial charge in [-0.25, -0.2) is 0 Å². The molecule has 2 amide bonds. The number of esters is 1. The van der Waals surface area contributed by atoms with Crippen LogP contribution in [0.5, 0.6) is 0 Å². The van der Waals surface area contributed by atoms with Crippen molar-refractivity contribution in [3.8, 4) is 0 Å². The highest BCUT2D eigenvalue weighted by atomic mass is 32.2. The molecule has 2 aromatic rings. The molecule has 1 saturated heterocycles. The lowest BCUT2D eigenvalue weighted by Gasteiger charge is -2.15. The van der Waals surface area contributed by atoms with Crippen molar-refractivity contribution >= 4 is 52.2 Å². The number of carbonyl (C=O) groups is 3. The van der Waals surface area contributed by atoms with Gasteiger partial charge >= 0.3 is 12.1 Å². The van der Waals surface area contributed by atoms with Gasteiger partial charge in [0.05, 0.1) is 23.6 Å². The van der Waals surface area contributed by atoms with Crippen LogP contribution >= 0.6 is 24.0 Å². The molecule has 1 fully saturated rings. The van der Waals surface area contributed by atoms with Gasteiger partial charge in [0.15, 0.2) is 0 Å². The van der Waals surface area contributed by atoms with E-state index in [2.05, 4.69) is 5.32 Å². The van der Waals surface area contributed by atoms with Gasteiger partial charge in [0.25, 0.3) is 11.8 Å². The summed E-state index contributed by atoms with van der Waals surface area (Å²) >= 11 is 6.30. The first-order valence-electron chi connectivity index (χ1n) is 9.98. The van der Waals surface area contributed by atoms with Gasteiger partial charge in [-0.15, -0.1) is 0 Å². The first kappa shape index (κ1) is 25.4. The average Bonchev–Trinajstić information content (AvgIpc) is 3.03.